The van der Waals surface area contributed by atoms with Crippen LogP contribution in [0.4, 0.5) is 0 Å². The lowest BCUT2D eigenvalue weighted by Crippen LogP contribution is -1.85. The topological polar surface area (TPSA) is 0 Å². The third-order valence-corrected chi connectivity index (χ3v) is 5.12. The monoisotopic (exact) mass is 384 g/mol. The Labute approximate surface area is 176 Å². The lowest BCUT2D eigenvalue weighted by atomic mass is 10.0. The molecule has 0 atom stereocenters. The van der Waals surface area contributed by atoms with Crippen LogP contribution in [0.15, 0.2) is 0 Å². The van der Waals surface area contributed by atoms with Crippen LogP contribution in [0.5, 0.6) is 0 Å². The first-order valence-corrected chi connectivity index (χ1v) is 13.2. The SMILES string of the molecule is C1CCCCC1.CCCCCC.CCCCCCC.CCCCCCCC. The zero-order valence-electron chi connectivity index (χ0n) is 20.8. The van der Waals surface area contributed by atoms with E-state index in [1.165, 1.54) is 135 Å². The Morgan fingerprint density at radius 1 is 0.259 bits per heavy atom. The highest BCUT2D eigenvalue weighted by atomic mass is 14.0. The van der Waals surface area contributed by atoms with Crippen LogP contribution in [0.3, 0.4) is 0 Å². The predicted octanol–water partition coefficient (Wildman–Crippen LogP) is 11.3. The van der Waals surface area contributed by atoms with E-state index >= 15 is 0 Å². The molecule has 0 aliphatic heterocycles. The second-order valence-electron chi connectivity index (χ2n) is 8.30. The first kappa shape index (κ1) is 31.7. The zero-order valence-corrected chi connectivity index (χ0v) is 20.8. The molecule has 0 amide bonds. The van der Waals surface area contributed by atoms with Crippen molar-refractivity contribution in [1.29, 1.82) is 0 Å². The molecule has 0 heteroatoms. The molecule has 1 fully saturated rings. The third-order valence-electron chi connectivity index (χ3n) is 5.12. The highest BCUT2D eigenvalue weighted by Gasteiger charge is 1.95. The van der Waals surface area contributed by atoms with Crippen LogP contribution in [0.25, 0.3) is 0 Å². The van der Waals surface area contributed by atoms with Gasteiger partial charge in [0.25, 0.3) is 0 Å². The lowest BCUT2D eigenvalue weighted by Gasteiger charge is -2.05. The maximum Gasteiger partial charge on any atom is -0.0533 e. The molecule has 1 saturated carbocycles. The summed E-state index contributed by atoms with van der Waals surface area (Å²) in [5.74, 6) is 0. The number of hydrogen-bond acceptors (Lipinski definition) is 0. The maximum atomic E-state index is 2.26. The van der Waals surface area contributed by atoms with E-state index in [2.05, 4.69) is 41.5 Å². The molecule has 1 aliphatic rings. The van der Waals surface area contributed by atoms with Gasteiger partial charge < -0.3 is 0 Å². The van der Waals surface area contributed by atoms with Gasteiger partial charge in [-0.25, -0.2) is 0 Å². The summed E-state index contributed by atoms with van der Waals surface area (Å²) in [6, 6.07) is 0. The number of rotatable bonds is 12. The van der Waals surface area contributed by atoms with Crippen molar-refractivity contribution in [3.8, 4) is 0 Å². The zero-order chi connectivity index (χ0) is 20.8. The van der Waals surface area contributed by atoms with Gasteiger partial charge in [0, 0.05) is 0 Å². The molecule has 0 saturated heterocycles. The van der Waals surface area contributed by atoms with E-state index < -0.39 is 0 Å². The van der Waals surface area contributed by atoms with E-state index in [0.29, 0.717) is 0 Å². The van der Waals surface area contributed by atoms with E-state index in [9.17, 15) is 0 Å². The summed E-state index contributed by atoms with van der Waals surface area (Å²) in [5.41, 5.74) is 0. The Hall–Kier alpha value is 0. The smallest absolute Gasteiger partial charge is 0.0533 e. The fourth-order valence-electron chi connectivity index (χ4n) is 3.09. The van der Waals surface area contributed by atoms with E-state index in [1.54, 1.807) is 0 Å². The Kier molecular flexibility index (Phi) is 43.2. The van der Waals surface area contributed by atoms with E-state index in [4.69, 9.17) is 0 Å². The molecular weight excluding hydrogens is 324 g/mol. The molecule has 0 N–H and O–H groups in total. The molecule has 1 rings (SSSR count). The third kappa shape index (κ3) is 46.2. The minimum atomic E-state index is 1.36. The van der Waals surface area contributed by atoms with Gasteiger partial charge in [-0.3, -0.25) is 0 Å². The molecular formula is C27H60. The van der Waals surface area contributed by atoms with Crippen molar-refractivity contribution in [2.24, 2.45) is 0 Å². The maximum absolute atomic E-state index is 2.26. The van der Waals surface area contributed by atoms with Crippen molar-refractivity contribution in [3.05, 3.63) is 0 Å². The Morgan fingerprint density at radius 2 is 0.407 bits per heavy atom. The van der Waals surface area contributed by atoms with Gasteiger partial charge in [0.15, 0.2) is 0 Å². The van der Waals surface area contributed by atoms with Gasteiger partial charge >= 0.3 is 0 Å². The largest absolute Gasteiger partial charge is 0.0654 e. The Balaban J connectivity index is -0.000000286. The minimum Gasteiger partial charge on any atom is -0.0654 e. The Bertz CT molecular complexity index is 155. The molecule has 1 aliphatic carbocycles. The lowest BCUT2D eigenvalue weighted by molar-refractivity contribution is 0.504. The van der Waals surface area contributed by atoms with Crippen LogP contribution in [-0.2, 0) is 0 Å². The average Bonchev–Trinajstić information content (AvgIpc) is 2.73. The Morgan fingerprint density at radius 3 is 0.593 bits per heavy atom. The van der Waals surface area contributed by atoms with Gasteiger partial charge in [-0.05, 0) is 0 Å². The van der Waals surface area contributed by atoms with Gasteiger partial charge in [-0.1, -0.05) is 176 Å². The fraction of sp³-hybridized carbons (Fsp3) is 1.00. The molecule has 0 aromatic carbocycles. The van der Waals surface area contributed by atoms with Crippen LogP contribution >= 0.6 is 0 Å². The van der Waals surface area contributed by atoms with Crippen LogP contribution in [0.1, 0.15) is 176 Å². The van der Waals surface area contributed by atoms with Crippen molar-refractivity contribution in [2.45, 2.75) is 176 Å². The van der Waals surface area contributed by atoms with Crippen molar-refractivity contribution in [1.82, 2.24) is 0 Å². The molecule has 0 radical (unpaired) electrons. The molecule has 0 spiro atoms. The van der Waals surface area contributed by atoms with Crippen LogP contribution in [0, 0.1) is 0 Å². The molecule has 0 aromatic rings. The van der Waals surface area contributed by atoms with E-state index in [0.717, 1.165) is 0 Å². The standard InChI is InChI=1S/C8H18.C7H16.C6H12.C6H14/c1-3-5-7-8-6-4-2;1-3-5-7-6-4-2;1-2-4-6-5-3-1;1-3-5-6-4-2/h3-8H2,1-2H3;3-7H2,1-2H3;1-6H2;3-6H2,1-2H3. The molecule has 0 aromatic heterocycles. The molecule has 27 heavy (non-hydrogen) atoms. The average molecular weight is 385 g/mol. The second kappa shape index (κ2) is 36.8. The first-order chi connectivity index (χ1) is 13.2. The molecule has 0 nitrogen and oxygen atoms in total. The number of unbranched alkanes of at least 4 members (excludes halogenated alkanes) is 12. The number of hydrogen-bond donors (Lipinski definition) is 0. The second-order valence-corrected chi connectivity index (χ2v) is 8.30. The summed E-state index contributed by atoms with van der Waals surface area (Å²) in [4.78, 5) is 0. The van der Waals surface area contributed by atoms with Crippen LogP contribution in [0.2, 0.25) is 0 Å². The van der Waals surface area contributed by atoms with Crippen molar-refractivity contribution in [3.63, 3.8) is 0 Å². The highest BCUT2D eigenvalue weighted by molar-refractivity contribution is 4.51. The van der Waals surface area contributed by atoms with Crippen molar-refractivity contribution in [2.75, 3.05) is 0 Å². The van der Waals surface area contributed by atoms with Gasteiger partial charge in [-0.15, -0.1) is 0 Å². The highest BCUT2D eigenvalue weighted by Crippen LogP contribution is 2.15. The van der Waals surface area contributed by atoms with Gasteiger partial charge in [-0.2, -0.15) is 0 Å². The van der Waals surface area contributed by atoms with Gasteiger partial charge in [0.1, 0.15) is 0 Å². The summed E-state index contributed by atoms with van der Waals surface area (Å²) in [5, 5.41) is 0. The van der Waals surface area contributed by atoms with E-state index in [-0.39, 0.29) is 0 Å². The minimum absolute atomic E-state index is 1.36. The summed E-state index contributed by atoms with van der Waals surface area (Å²) in [7, 11) is 0. The predicted molar refractivity (Wildman–Crippen MR) is 131 cm³/mol. The first-order valence-electron chi connectivity index (χ1n) is 13.2. The van der Waals surface area contributed by atoms with Crippen LogP contribution < -0.4 is 0 Å². The van der Waals surface area contributed by atoms with Crippen molar-refractivity contribution < 1.29 is 0 Å². The summed E-state index contributed by atoms with van der Waals surface area (Å²) >= 11 is 0. The normalized spacial score (nSPS) is 12.7. The van der Waals surface area contributed by atoms with Gasteiger partial charge in [0.05, 0.1) is 0 Å². The van der Waals surface area contributed by atoms with Crippen molar-refractivity contribution >= 4 is 0 Å². The van der Waals surface area contributed by atoms with Gasteiger partial charge in [0.2, 0.25) is 0 Å². The quantitative estimate of drug-likeness (QED) is 0.293. The molecule has 168 valence electrons. The molecule has 0 heterocycles. The fourth-order valence-corrected chi connectivity index (χ4v) is 3.09. The van der Waals surface area contributed by atoms with Crippen LogP contribution in [-0.4, -0.2) is 0 Å². The molecule has 0 unspecified atom stereocenters. The van der Waals surface area contributed by atoms with E-state index in [1.807, 2.05) is 0 Å². The summed E-state index contributed by atoms with van der Waals surface area (Å²) < 4.78 is 0. The summed E-state index contributed by atoms with van der Waals surface area (Å²) in [6.07, 6.45) is 30.0. The summed E-state index contributed by atoms with van der Waals surface area (Å²) in [6.45, 7) is 13.5. The molecule has 0 bridgehead atoms.